The smallest absolute Gasteiger partial charge is 0.332 e. The maximum Gasteiger partial charge on any atom is 0.332 e. The highest BCUT2D eigenvalue weighted by atomic mass is 16.5. The Hall–Kier alpha value is -4.13. The van der Waals surface area contributed by atoms with Crippen LogP contribution in [0.2, 0.25) is 0 Å². The minimum atomic E-state index is -0.725. The molecule has 7 nitrogen and oxygen atoms in total. The fourth-order valence-electron chi connectivity index (χ4n) is 4.94. The molecular weight excluding hydrogens is 432 g/mol. The second-order valence-corrected chi connectivity index (χ2v) is 8.38. The van der Waals surface area contributed by atoms with E-state index in [4.69, 9.17) is 9.47 Å². The van der Waals surface area contributed by atoms with Gasteiger partial charge >= 0.3 is 12.0 Å². The Morgan fingerprint density at radius 3 is 2.12 bits per heavy atom. The van der Waals surface area contributed by atoms with Crippen LogP contribution in [-0.4, -0.2) is 43.1 Å². The summed E-state index contributed by atoms with van der Waals surface area (Å²) >= 11 is 0. The van der Waals surface area contributed by atoms with Crippen molar-refractivity contribution in [3.8, 4) is 16.9 Å². The lowest BCUT2D eigenvalue weighted by Gasteiger charge is -2.27. The molecule has 34 heavy (non-hydrogen) atoms. The molecular formula is C27H24N2O5. The largest absolute Gasteiger partial charge is 0.497 e. The average molecular weight is 456 g/mol. The number of hydrogen-bond acceptors (Lipinski definition) is 5. The standard InChI is InChI=1S/C27H24N2O5/c1-33-21-14-12-20(13-15-21)28-25(30)23-16-22(26(31)34-2)24(29(23)27(28)32)19-10-8-18(9-11-19)17-6-4-3-5-7-17/h3-15,22-24H,16H2,1-2H3. The first-order valence-corrected chi connectivity index (χ1v) is 11.1. The van der Waals surface area contributed by atoms with Crippen LogP contribution >= 0.6 is 0 Å². The van der Waals surface area contributed by atoms with Gasteiger partial charge in [-0.3, -0.25) is 9.59 Å². The van der Waals surface area contributed by atoms with E-state index in [1.165, 1.54) is 16.9 Å². The third-order valence-electron chi connectivity index (χ3n) is 6.61. The molecule has 5 rings (SSSR count). The molecule has 3 aromatic carbocycles. The Bertz CT molecular complexity index is 1220. The first-order valence-electron chi connectivity index (χ1n) is 11.1. The van der Waals surface area contributed by atoms with Crippen molar-refractivity contribution in [1.82, 2.24) is 4.90 Å². The Kier molecular flexibility index (Phi) is 5.53. The fourth-order valence-corrected chi connectivity index (χ4v) is 4.94. The van der Waals surface area contributed by atoms with Gasteiger partial charge in [0, 0.05) is 0 Å². The van der Waals surface area contributed by atoms with Crippen molar-refractivity contribution < 1.29 is 23.9 Å². The number of urea groups is 1. The van der Waals surface area contributed by atoms with Crippen molar-refractivity contribution in [2.75, 3.05) is 19.1 Å². The summed E-state index contributed by atoms with van der Waals surface area (Å²) in [4.78, 5) is 42.2. The molecule has 172 valence electrons. The molecule has 2 aliphatic rings. The van der Waals surface area contributed by atoms with Crippen LogP contribution in [0.3, 0.4) is 0 Å². The zero-order valence-corrected chi connectivity index (χ0v) is 18.9. The van der Waals surface area contributed by atoms with Crippen LogP contribution in [0.25, 0.3) is 11.1 Å². The van der Waals surface area contributed by atoms with Crippen LogP contribution in [-0.2, 0) is 14.3 Å². The predicted octanol–water partition coefficient (Wildman–Crippen LogP) is 4.43. The van der Waals surface area contributed by atoms with Gasteiger partial charge in [-0.15, -0.1) is 0 Å². The number of anilines is 1. The summed E-state index contributed by atoms with van der Waals surface area (Å²) in [5.41, 5.74) is 3.35. The lowest BCUT2D eigenvalue weighted by molar-refractivity contribution is -0.146. The SMILES string of the molecule is COC(=O)C1CC2C(=O)N(c3ccc(OC)cc3)C(=O)N2C1c1ccc(-c2ccccc2)cc1. The number of ether oxygens (including phenoxy) is 2. The number of fused-ring (bicyclic) bond motifs is 1. The number of nitrogens with zero attached hydrogens (tertiary/aromatic N) is 2. The quantitative estimate of drug-likeness (QED) is 0.419. The van der Waals surface area contributed by atoms with Gasteiger partial charge in [-0.2, -0.15) is 0 Å². The van der Waals surface area contributed by atoms with Gasteiger partial charge in [-0.05, 0) is 47.4 Å². The van der Waals surface area contributed by atoms with E-state index in [-0.39, 0.29) is 12.3 Å². The van der Waals surface area contributed by atoms with Crippen LogP contribution < -0.4 is 9.64 Å². The van der Waals surface area contributed by atoms with E-state index in [0.717, 1.165) is 16.7 Å². The number of carbonyl (C=O) groups excluding carboxylic acids is 3. The zero-order chi connectivity index (χ0) is 23.8. The van der Waals surface area contributed by atoms with E-state index in [1.807, 2.05) is 54.6 Å². The third kappa shape index (κ3) is 3.50. The van der Waals surface area contributed by atoms with E-state index >= 15 is 0 Å². The van der Waals surface area contributed by atoms with Gasteiger partial charge in [-0.25, -0.2) is 9.69 Å². The average Bonchev–Trinajstić information content (AvgIpc) is 3.40. The molecule has 2 heterocycles. The molecule has 2 saturated heterocycles. The maximum atomic E-state index is 13.5. The molecule has 7 heteroatoms. The molecule has 3 aromatic rings. The number of carbonyl (C=O) groups is 3. The van der Waals surface area contributed by atoms with E-state index in [0.29, 0.717) is 11.4 Å². The monoisotopic (exact) mass is 456 g/mol. The van der Waals surface area contributed by atoms with Crippen molar-refractivity contribution in [2.24, 2.45) is 5.92 Å². The first-order chi connectivity index (χ1) is 16.5. The van der Waals surface area contributed by atoms with Crippen molar-refractivity contribution in [2.45, 2.75) is 18.5 Å². The Balaban J connectivity index is 1.50. The van der Waals surface area contributed by atoms with Crippen molar-refractivity contribution in [1.29, 1.82) is 0 Å². The van der Waals surface area contributed by atoms with Crippen molar-refractivity contribution in [3.05, 3.63) is 84.4 Å². The molecule has 2 aliphatic heterocycles. The molecule has 0 bridgehead atoms. The topological polar surface area (TPSA) is 76.1 Å². The molecule has 0 spiro atoms. The second-order valence-electron chi connectivity index (χ2n) is 8.38. The normalized spacial score (nSPS) is 21.5. The number of imide groups is 1. The minimum Gasteiger partial charge on any atom is -0.497 e. The van der Waals surface area contributed by atoms with Crippen LogP contribution in [0.15, 0.2) is 78.9 Å². The molecule has 0 aromatic heterocycles. The predicted molar refractivity (Wildman–Crippen MR) is 126 cm³/mol. The van der Waals surface area contributed by atoms with Crippen LogP contribution in [0, 0.1) is 5.92 Å². The van der Waals surface area contributed by atoms with E-state index in [2.05, 4.69) is 0 Å². The molecule has 0 radical (unpaired) electrons. The van der Waals surface area contributed by atoms with Gasteiger partial charge in [0.05, 0.1) is 31.9 Å². The fraction of sp³-hybridized carbons (Fsp3) is 0.222. The highest BCUT2D eigenvalue weighted by Crippen LogP contribution is 2.47. The maximum absolute atomic E-state index is 13.5. The molecule has 3 unspecified atom stereocenters. The Morgan fingerprint density at radius 2 is 1.50 bits per heavy atom. The minimum absolute atomic E-state index is 0.217. The summed E-state index contributed by atoms with van der Waals surface area (Å²) < 4.78 is 10.2. The summed E-state index contributed by atoms with van der Waals surface area (Å²) in [5.74, 6) is -0.760. The number of amides is 3. The van der Waals surface area contributed by atoms with Gasteiger partial charge in [0.1, 0.15) is 11.8 Å². The number of esters is 1. The molecule has 3 atom stereocenters. The molecule has 0 saturated carbocycles. The summed E-state index contributed by atoms with van der Waals surface area (Å²) in [6, 6.07) is 22.7. The first kappa shape index (κ1) is 21.7. The number of methoxy groups -OCH3 is 2. The van der Waals surface area contributed by atoms with Gasteiger partial charge in [0.2, 0.25) is 0 Å². The number of rotatable bonds is 5. The summed E-state index contributed by atoms with van der Waals surface area (Å²) in [6.45, 7) is 0. The third-order valence-corrected chi connectivity index (χ3v) is 6.61. The van der Waals surface area contributed by atoms with Gasteiger partial charge in [0.15, 0.2) is 0 Å². The lowest BCUT2D eigenvalue weighted by Crippen LogP contribution is -2.37. The van der Waals surface area contributed by atoms with Crippen LogP contribution in [0.5, 0.6) is 5.75 Å². The lowest BCUT2D eigenvalue weighted by atomic mass is 9.91. The molecule has 0 N–H and O–H groups in total. The van der Waals surface area contributed by atoms with E-state index in [1.54, 1.807) is 31.4 Å². The molecule has 3 amide bonds. The highest BCUT2D eigenvalue weighted by molar-refractivity contribution is 6.22. The summed E-state index contributed by atoms with van der Waals surface area (Å²) in [6.07, 6.45) is 0.217. The van der Waals surface area contributed by atoms with E-state index in [9.17, 15) is 14.4 Å². The van der Waals surface area contributed by atoms with Gasteiger partial charge < -0.3 is 14.4 Å². The second kappa shape index (κ2) is 8.67. The van der Waals surface area contributed by atoms with Crippen LogP contribution in [0.1, 0.15) is 18.0 Å². The van der Waals surface area contributed by atoms with Crippen molar-refractivity contribution in [3.63, 3.8) is 0 Å². The summed E-state index contributed by atoms with van der Waals surface area (Å²) in [7, 11) is 2.88. The molecule has 2 fully saturated rings. The number of hydrogen-bond donors (Lipinski definition) is 0. The van der Waals surface area contributed by atoms with Crippen molar-refractivity contribution >= 4 is 23.6 Å². The Morgan fingerprint density at radius 1 is 0.853 bits per heavy atom. The zero-order valence-electron chi connectivity index (χ0n) is 18.9. The number of benzene rings is 3. The van der Waals surface area contributed by atoms with Gasteiger partial charge in [0.25, 0.3) is 5.91 Å². The molecule has 0 aliphatic carbocycles. The van der Waals surface area contributed by atoms with E-state index < -0.39 is 30.0 Å². The summed E-state index contributed by atoms with van der Waals surface area (Å²) in [5, 5.41) is 0. The van der Waals surface area contributed by atoms with Gasteiger partial charge in [-0.1, -0.05) is 54.6 Å². The van der Waals surface area contributed by atoms with Crippen LogP contribution in [0.4, 0.5) is 10.5 Å². The highest BCUT2D eigenvalue weighted by Gasteiger charge is 2.58. The Labute approximate surface area is 197 Å².